The maximum atomic E-state index is 13.1. The van der Waals surface area contributed by atoms with Crippen LogP contribution in [0.3, 0.4) is 0 Å². The number of hydrogen-bond acceptors (Lipinski definition) is 7. The standard InChI is InChI=1S/C24H20FN3O4S2/c1-3-10-27-21(30)17(13-26)14(2)20(23(27)32)18(29)5-4-11-28-22(31)19(34-24(28)33)12-15-6-8-16(25)9-7-15/h3,6-9,12,32H,1,4-5,10-11H2,2H3/b19-12-. The number of halogens is 1. The number of pyridine rings is 1. The molecule has 0 saturated carbocycles. The van der Waals surface area contributed by atoms with Crippen molar-refractivity contribution in [3.05, 3.63) is 80.3 Å². The number of carbonyl (C=O) groups excluding carboxylic acids is 2. The number of aromatic nitrogens is 1. The van der Waals surface area contributed by atoms with E-state index in [0.717, 1.165) is 16.3 Å². The minimum Gasteiger partial charge on any atom is -0.494 e. The molecular weight excluding hydrogens is 477 g/mol. The number of aromatic hydroxyl groups is 1. The zero-order chi connectivity index (χ0) is 25.0. The molecule has 0 aliphatic carbocycles. The zero-order valence-electron chi connectivity index (χ0n) is 18.2. The summed E-state index contributed by atoms with van der Waals surface area (Å²) in [6.07, 6.45) is 3.20. The molecule has 34 heavy (non-hydrogen) atoms. The van der Waals surface area contributed by atoms with Crippen molar-refractivity contribution in [1.29, 1.82) is 5.26 Å². The van der Waals surface area contributed by atoms with E-state index in [1.54, 1.807) is 24.3 Å². The first kappa shape index (κ1) is 25.1. The lowest BCUT2D eigenvalue weighted by Crippen LogP contribution is -2.29. The Bertz CT molecular complexity index is 1320. The molecule has 3 rings (SSSR count). The molecule has 10 heteroatoms. The maximum absolute atomic E-state index is 13.1. The summed E-state index contributed by atoms with van der Waals surface area (Å²) in [7, 11) is 0. The van der Waals surface area contributed by atoms with Gasteiger partial charge < -0.3 is 5.11 Å². The Kier molecular flexibility index (Phi) is 7.81. The van der Waals surface area contributed by atoms with E-state index >= 15 is 0 Å². The third kappa shape index (κ3) is 5.00. The van der Waals surface area contributed by atoms with E-state index in [2.05, 4.69) is 6.58 Å². The quantitative estimate of drug-likeness (QED) is 0.255. The van der Waals surface area contributed by atoms with E-state index in [-0.39, 0.29) is 54.3 Å². The Balaban J connectivity index is 1.73. The van der Waals surface area contributed by atoms with Crippen molar-refractivity contribution in [2.24, 2.45) is 0 Å². The van der Waals surface area contributed by atoms with Crippen LogP contribution in [0, 0.1) is 24.1 Å². The molecule has 1 aliphatic rings. The molecule has 1 aromatic carbocycles. The van der Waals surface area contributed by atoms with Crippen LogP contribution in [0.4, 0.5) is 4.39 Å². The third-order valence-electron chi connectivity index (χ3n) is 5.22. The number of allylic oxidation sites excluding steroid dienone is 1. The van der Waals surface area contributed by atoms with E-state index in [4.69, 9.17) is 12.2 Å². The van der Waals surface area contributed by atoms with Crippen LogP contribution in [0.2, 0.25) is 0 Å². The molecule has 1 aliphatic heterocycles. The van der Waals surface area contributed by atoms with Crippen molar-refractivity contribution in [2.75, 3.05) is 6.54 Å². The third-order valence-corrected chi connectivity index (χ3v) is 6.60. The van der Waals surface area contributed by atoms with Crippen molar-refractivity contribution in [3.63, 3.8) is 0 Å². The number of amides is 1. The van der Waals surface area contributed by atoms with E-state index in [1.807, 2.05) is 0 Å². The van der Waals surface area contributed by atoms with E-state index in [9.17, 15) is 29.1 Å². The number of ketones is 1. The van der Waals surface area contributed by atoms with Gasteiger partial charge in [-0.1, -0.05) is 42.2 Å². The normalized spacial score (nSPS) is 14.5. The Labute approximate surface area is 204 Å². The van der Waals surface area contributed by atoms with Crippen LogP contribution in [0.1, 0.15) is 39.9 Å². The van der Waals surface area contributed by atoms with Crippen LogP contribution in [0.15, 0.2) is 46.6 Å². The molecule has 0 spiro atoms. The first-order valence-electron chi connectivity index (χ1n) is 10.2. The highest BCUT2D eigenvalue weighted by molar-refractivity contribution is 8.26. The predicted molar refractivity (Wildman–Crippen MR) is 132 cm³/mol. The van der Waals surface area contributed by atoms with Gasteiger partial charge in [0, 0.05) is 19.5 Å². The van der Waals surface area contributed by atoms with Gasteiger partial charge in [-0.25, -0.2) is 4.39 Å². The topological polar surface area (TPSA) is 103 Å². The summed E-state index contributed by atoms with van der Waals surface area (Å²) in [5.41, 5.74) is -0.237. The molecule has 1 aromatic heterocycles. The molecule has 0 bridgehead atoms. The zero-order valence-corrected chi connectivity index (χ0v) is 19.8. The number of Topliss-reactive ketones (excluding diaryl/α,β-unsaturated/α-hetero) is 1. The first-order valence-corrected chi connectivity index (χ1v) is 11.4. The van der Waals surface area contributed by atoms with Gasteiger partial charge in [0.05, 0.1) is 10.5 Å². The van der Waals surface area contributed by atoms with Gasteiger partial charge in [-0.2, -0.15) is 5.26 Å². The molecule has 2 heterocycles. The second kappa shape index (κ2) is 10.6. The highest BCUT2D eigenvalue weighted by atomic mass is 32.2. The highest BCUT2D eigenvalue weighted by Crippen LogP contribution is 2.33. The van der Waals surface area contributed by atoms with Crippen molar-refractivity contribution in [1.82, 2.24) is 9.47 Å². The number of rotatable bonds is 8. The molecular formula is C24H20FN3O4S2. The average Bonchev–Trinajstić information content (AvgIpc) is 3.06. The van der Waals surface area contributed by atoms with E-state index in [1.165, 1.54) is 30.0 Å². The smallest absolute Gasteiger partial charge is 0.271 e. The summed E-state index contributed by atoms with van der Waals surface area (Å²) in [4.78, 5) is 39.8. The molecule has 0 atom stereocenters. The van der Waals surface area contributed by atoms with Crippen LogP contribution in [-0.4, -0.2) is 37.1 Å². The van der Waals surface area contributed by atoms with Crippen LogP contribution < -0.4 is 5.56 Å². The summed E-state index contributed by atoms with van der Waals surface area (Å²) >= 11 is 6.42. The largest absolute Gasteiger partial charge is 0.494 e. The fourth-order valence-electron chi connectivity index (χ4n) is 3.51. The first-order chi connectivity index (χ1) is 16.2. The van der Waals surface area contributed by atoms with Crippen molar-refractivity contribution < 1.29 is 19.1 Å². The Morgan fingerprint density at radius 1 is 1.32 bits per heavy atom. The predicted octanol–water partition coefficient (Wildman–Crippen LogP) is 3.92. The van der Waals surface area contributed by atoms with Gasteiger partial charge in [-0.15, -0.1) is 6.58 Å². The van der Waals surface area contributed by atoms with Gasteiger partial charge >= 0.3 is 0 Å². The summed E-state index contributed by atoms with van der Waals surface area (Å²) in [5.74, 6) is -1.66. The molecule has 0 radical (unpaired) electrons. The summed E-state index contributed by atoms with van der Waals surface area (Å²) in [5, 5.41) is 19.9. The summed E-state index contributed by atoms with van der Waals surface area (Å²) in [6.45, 7) is 5.08. The Morgan fingerprint density at radius 2 is 2.00 bits per heavy atom. The van der Waals surface area contributed by atoms with Gasteiger partial charge in [0.1, 0.15) is 21.8 Å². The van der Waals surface area contributed by atoms with Crippen LogP contribution in [0.5, 0.6) is 5.88 Å². The Morgan fingerprint density at radius 3 is 2.62 bits per heavy atom. The van der Waals surface area contributed by atoms with Gasteiger partial charge in [-0.05, 0) is 42.7 Å². The number of hydrogen-bond donors (Lipinski definition) is 1. The second-order valence-electron chi connectivity index (χ2n) is 7.43. The number of benzene rings is 1. The van der Waals surface area contributed by atoms with Gasteiger partial charge in [0.25, 0.3) is 11.5 Å². The fraction of sp³-hybridized carbons (Fsp3) is 0.208. The van der Waals surface area contributed by atoms with Gasteiger partial charge in [-0.3, -0.25) is 23.9 Å². The number of nitriles is 1. The number of thioether (sulfide) groups is 1. The molecule has 0 unspecified atom stereocenters. The van der Waals surface area contributed by atoms with Crippen LogP contribution in [0.25, 0.3) is 6.08 Å². The molecule has 1 fully saturated rings. The second-order valence-corrected chi connectivity index (χ2v) is 9.10. The monoisotopic (exact) mass is 497 g/mol. The lowest BCUT2D eigenvalue weighted by Gasteiger charge is -2.16. The fourth-order valence-corrected chi connectivity index (χ4v) is 4.82. The Hall–Kier alpha value is -3.55. The molecule has 174 valence electrons. The molecule has 1 N–H and O–H groups in total. The van der Waals surface area contributed by atoms with Crippen molar-refractivity contribution in [2.45, 2.75) is 26.3 Å². The highest BCUT2D eigenvalue weighted by Gasteiger charge is 2.32. The van der Waals surface area contributed by atoms with Crippen molar-refractivity contribution >= 4 is 46.1 Å². The number of nitrogens with zero attached hydrogens (tertiary/aromatic N) is 3. The minimum atomic E-state index is -0.695. The average molecular weight is 498 g/mol. The minimum absolute atomic E-state index is 0.0420. The number of thiocarbonyl (C=S) groups is 1. The molecule has 7 nitrogen and oxygen atoms in total. The van der Waals surface area contributed by atoms with Crippen LogP contribution in [-0.2, 0) is 11.3 Å². The lowest BCUT2D eigenvalue weighted by molar-refractivity contribution is -0.122. The molecule has 1 saturated heterocycles. The summed E-state index contributed by atoms with van der Waals surface area (Å²) in [6, 6.07) is 7.49. The van der Waals surface area contributed by atoms with Gasteiger partial charge in [0.2, 0.25) is 5.88 Å². The maximum Gasteiger partial charge on any atom is 0.271 e. The SMILES string of the molecule is C=CCn1c(O)c(C(=O)CCCN2C(=O)/C(=C/c3ccc(F)cc3)SC2=S)c(C)c(C#N)c1=O. The van der Waals surface area contributed by atoms with E-state index < -0.39 is 17.2 Å². The molecule has 1 amide bonds. The lowest BCUT2D eigenvalue weighted by atomic mass is 9.99. The number of carbonyl (C=O) groups is 2. The van der Waals surface area contributed by atoms with Gasteiger partial charge in [0.15, 0.2) is 5.78 Å². The van der Waals surface area contributed by atoms with E-state index in [0.29, 0.717) is 14.8 Å². The van der Waals surface area contributed by atoms with Crippen LogP contribution >= 0.6 is 24.0 Å². The van der Waals surface area contributed by atoms with Crippen molar-refractivity contribution in [3.8, 4) is 11.9 Å². The molecule has 2 aromatic rings. The summed E-state index contributed by atoms with van der Waals surface area (Å²) < 4.78 is 14.4.